The van der Waals surface area contributed by atoms with E-state index in [1.807, 2.05) is 0 Å². The number of carbonyl (C=O) groups is 1. The van der Waals surface area contributed by atoms with Gasteiger partial charge in [-0.25, -0.2) is 9.78 Å². The normalized spacial score (nSPS) is 17.8. The van der Waals surface area contributed by atoms with Crippen molar-refractivity contribution in [2.24, 2.45) is 0 Å². The number of thiazole rings is 1. The molecule has 1 saturated carbocycles. The maximum Gasteiger partial charge on any atom is 0.352 e. The quantitative estimate of drug-likeness (QED) is 0.476. The zero-order valence-electron chi connectivity index (χ0n) is 10.4. The molecule has 1 aliphatic carbocycles. The van der Waals surface area contributed by atoms with Crippen molar-refractivity contribution >= 4 is 17.3 Å². The highest BCUT2D eigenvalue weighted by atomic mass is 32.1. The summed E-state index contributed by atoms with van der Waals surface area (Å²) in [5.41, 5.74) is -1.51. The molecular formula is C11H14N2O5S. The molecular weight excluding hydrogens is 272 g/mol. The van der Waals surface area contributed by atoms with Crippen molar-refractivity contribution in [3.05, 3.63) is 26.2 Å². The molecule has 1 aromatic rings. The van der Waals surface area contributed by atoms with Gasteiger partial charge in [-0.05, 0) is 19.8 Å². The van der Waals surface area contributed by atoms with Crippen LogP contribution in [0.1, 0.15) is 36.4 Å². The van der Waals surface area contributed by atoms with Crippen LogP contribution in [0.4, 0.5) is 0 Å². The van der Waals surface area contributed by atoms with E-state index < -0.39 is 23.0 Å². The van der Waals surface area contributed by atoms with Crippen LogP contribution >= 0.6 is 11.3 Å². The fourth-order valence-corrected chi connectivity index (χ4v) is 2.68. The molecule has 1 fully saturated rings. The van der Waals surface area contributed by atoms with E-state index in [1.165, 1.54) is 0 Å². The Morgan fingerprint density at radius 2 is 2.42 bits per heavy atom. The van der Waals surface area contributed by atoms with Crippen molar-refractivity contribution in [3.8, 4) is 0 Å². The third kappa shape index (κ3) is 2.90. The van der Waals surface area contributed by atoms with Gasteiger partial charge in [0.05, 0.1) is 12.3 Å². The standard InChI is InChI=1S/C11H14N2O5S/c1-2-18-10(14)11(15,6-13(16)17)9-12-8(5-19-9)7-3-4-7/h5,7,15H,2-4,6H2,1H3. The van der Waals surface area contributed by atoms with Crippen LogP contribution in [-0.4, -0.2) is 34.1 Å². The van der Waals surface area contributed by atoms with Crippen molar-refractivity contribution < 1.29 is 19.6 Å². The summed E-state index contributed by atoms with van der Waals surface area (Å²) in [6.07, 6.45) is 2.05. The van der Waals surface area contributed by atoms with Gasteiger partial charge in [-0.3, -0.25) is 10.1 Å². The summed E-state index contributed by atoms with van der Waals surface area (Å²) in [6.45, 7) is 0.672. The van der Waals surface area contributed by atoms with Gasteiger partial charge >= 0.3 is 5.97 Å². The SMILES string of the molecule is CCOC(=O)C(O)(C[N+](=O)[O-])c1nc(C2CC2)cs1. The number of ether oxygens (including phenoxy) is 1. The minimum absolute atomic E-state index is 0.0320. The molecule has 104 valence electrons. The number of nitro groups is 1. The van der Waals surface area contributed by atoms with Gasteiger partial charge in [-0.1, -0.05) is 0 Å². The molecule has 0 saturated heterocycles. The number of aromatic nitrogens is 1. The third-order valence-electron chi connectivity index (χ3n) is 2.84. The molecule has 0 bridgehead atoms. The van der Waals surface area contributed by atoms with Crippen LogP contribution in [0.2, 0.25) is 0 Å². The number of rotatable bonds is 6. The molecule has 1 aliphatic rings. The highest BCUT2D eigenvalue weighted by molar-refractivity contribution is 7.10. The second-order valence-electron chi connectivity index (χ2n) is 4.42. The lowest BCUT2D eigenvalue weighted by atomic mass is 10.1. The van der Waals surface area contributed by atoms with E-state index in [4.69, 9.17) is 4.74 Å². The van der Waals surface area contributed by atoms with E-state index in [9.17, 15) is 20.0 Å². The number of carbonyl (C=O) groups excluding carboxylic acids is 1. The highest BCUT2D eigenvalue weighted by Crippen LogP contribution is 2.41. The van der Waals surface area contributed by atoms with Crippen molar-refractivity contribution in [1.82, 2.24) is 4.98 Å². The van der Waals surface area contributed by atoms with Crippen LogP contribution in [-0.2, 0) is 15.1 Å². The Hall–Kier alpha value is -1.54. The second kappa shape index (κ2) is 5.22. The maximum absolute atomic E-state index is 11.8. The van der Waals surface area contributed by atoms with Gasteiger partial charge in [-0.15, -0.1) is 11.3 Å². The number of nitrogens with zero attached hydrogens (tertiary/aromatic N) is 2. The van der Waals surface area contributed by atoms with E-state index in [-0.39, 0.29) is 11.6 Å². The second-order valence-corrected chi connectivity index (χ2v) is 5.28. The molecule has 7 nitrogen and oxygen atoms in total. The summed E-state index contributed by atoms with van der Waals surface area (Å²) in [7, 11) is 0. The zero-order valence-corrected chi connectivity index (χ0v) is 11.2. The Kier molecular flexibility index (Phi) is 3.81. The number of aliphatic hydroxyl groups is 1. The first kappa shape index (κ1) is 13.9. The first-order valence-electron chi connectivity index (χ1n) is 5.94. The largest absolute Gasteiger partial charge is 0.463 e. The van der Waals surface area contributed by atoms with Gasteiger partial charge < -0.3 is 9.84 Å². The minimum atomic E-state index is -2.29. The van der Waals surface area contributed by atoms with E-state index in [0.717, 1.165) is 29.9 Å². The van der Waals surface area contributed by atoms with Gasteiger partial charge in [0.15, 0.2) is 0 Å². The van der Waals surface area contributed by atoms with Crippen LogP contribution in [0.3, 0.4) is 0 Å². The van der Waals surface area contributed by atoms with Gasteiger partial charge in [0.25, 0.3) is 5.60 Å². The molecule has 8 heteroatoms. The summed E-state index contributed by atoms with van der Waals surface area (Å²) in [5.74, 6) is -0.671. The highest BCUT2D eigenvalue weighted by Gasteiger charge is 2.48. The molecule has 0 spiro atoms. The molecule has 1 unspecified atom stereocenters. The lowest BCUT2D eigenvalue weighted by molar-refractivity contribution is -0.499. The first-order chi connectivity index (χ1) is 8.97. The van der Waals surface area contributed by atoms with Crippen molar-refractivity contribution in [2.45, 2.75) is 31.3 Å². The first-order valence-corrected chi connectivity index (χ1v) is 6.82. The number of hydrogen-bond donors (Lipinski definition) is 1. The molecule has 0 radical (unpaired) electrons. The third-order valence-corrected chi connectivity index (χ3v) is 3.85. The fraction of sp³-hybridized carbons (Fsp3) is 0.636. The average molecular weight is 286 g/mol. The van der Waals surface area contributed by atoms with Gasteiger partial charge in [-0.2, -0.15) is 0 Å². The number of hydrogen-bond acceptors (Lipinski definition) is 7. The van der Waals surface area contributed by atoms with E-state index in [2.05, 4.69) is 4.98 Å². The van der Waals surface area contributed by atoms with E-state index in [1.54, 1.807) is 12.3 Å². The average Bonchev–Trinajstić information content (AvgIpc) is 3.06. The molecule has 2 rings (SSSR count). The monoisotopic (exact) mass is 286 g/mol. The van der Waals surface area contributed by atoms with Crippen LogP contribution in [0.5, 0.6) is 0 Å². The molecule has 0 aliphatic heterocycles. The summed E-state index contributed by atoms with van der Waals surface area (Å²) in [6, 6.07) is 0. The predicted molar refractivity (Wildman–Crippen MR) is 66.5 cm³/mol. The molecule has 1 aromatic heterocycles. The Morgan fingerprint density at radius 1 is 1.74 bits per heavy atom. The molecule has 0 amide bonds. The van der Waals surface area contributed by atoms with Crippen molar-refractivity contribution in [1.29, 1.82) is 0 Å². The zero-order chi connectivity index (χ0) is 14.0. The Labute approximate surface area is 113 Å². The maximum atomic E-state index is 11.8. The topological polar surface area (TPSA) is 103 Å². The van der Waals surface area contributed by atoms with E-state index >= 15 is 0 Å². The minimum Gasteiger partial charge on any atom is -0.463 e. The Morgan fingerprint density at radius 3 is 2.95 bits per heavy atom. The van der Waals surface area contributed by atoms with Crippen LogP contribution in [0.25, 0.3) is 0 Å². The Balaban J connectivity index is 2.28. The number of esters is 1. The van der Waals surface area contributed by atoms with E-state index in [0.29, 0.717) is 5.92 Å². The van der Waals surface area contributed by atoms with Gasteiger partial charge in [0.1, 0.15) is 5.01 Å². The van der Waals surface area contributed by atoms with Crippen molar-refractivity contribution in [2.75, 3.05) is 13.2 Å². The summed E-state index contributed by atoms with van der Waals surface area (Å²) in [4.78, 5) is 25.9. The fourth-order valence-electron chi connectivity index (χ4n) is 1.70. The van der Waals surface area contributed by atoms with Crippen molar-refractivity contribution in [3.63, 3.8) is 0 Å². The van der Waals surface area contributed by atoms with Crippen LogP contribution in [0.15, 0.2) is 5.38 Å². The smallest absolute Gasteiger partial charge is 0.352 e. The summed E-state index contributed by atoms with van der Waals surface area (Å²) in [5, 5.41) is 22.7. The molecule has 19 heavy (non-hydrogen) atoms. The lowest BCUT2D eigenvalue weighted by Crippen LogP contribution is -2.43. The summed E-state index contributed by atoms with van der Waals surface area (Å²) < 4.78 is 4.72. The lowest BCUT2D eigenvalue weighted by Gasteiger charge is -2.19. The Bertz CT molecular complexity index is 499. The van der Waals surface area contributed by atoms with Crippen LogP contribution < -0.4 is 0 Å². The molecule has 1 heterocycles. The van der Waals surface area contributed by atoms with Gasteiger partial charge in [0, 0.05) is 16.2 Å². The van der Waals surface area contributed by atoms with Crippen LogP contribution in [0, 0.1) is 10.1 Å². The molecule has 0 aromatic carbocycles. The molecule has 1 N–H and O–H groups in total. The predicted octanol–water partition coefficient (Wildman–Crippen LogP) is 1.05. The molecule has 1 atom stereocenters. The summed E-state index contributed by atoms with van der Waals surface area (Å²) >= 11 is 1.05. The van der Waals surface area contributed by atoms with Gasteiger partial charge in [0.2, 0.25) is 6.54 Å².